The highest BCUT2D eigenvalue weighted by atomic mass is 35.5. The minimum atomic E-state index is -0.680. The normalized spacial score (nSPS) is 10.3. The van der Waals surface area contributed by atoms with Gasteiger partial charge in [-0.3, -0.25) is 10.1 Å². The van der Waals surface area contributed by atoms with Crippen LogP contribution in [-0.2, 0) is 6.54 Å². The van der Waals surface area contributed by atoms with E-state index in [1.54, 1.807) is 0 Å². The Balaban J connectivity index is 2.15. The van der Waals surface area contributed by atoms with Crippen molar-refractivity contribution in [1.29, 1.82) is 0 Å². The predicted molar refractivity (Wildman–Crippen MR) is 71.8 cm³/mol. The molecule has 7 heteroatoms. The van der Waals surface area contributed by atoms with Gasteiger partial charge in [-0.15, -0.1) is 0 Å². The van der Waals surface area contributed by atoms with Crippen molar-refractivity contribution in [2.24, 2.45) is 0 Å². The van der Waals surface area contributed by atoms with E-state index in [0.29, 0.717) is 5.69 Å². The second-order valence-electron chi connectivity index (χ2n) is 4.01. The summed E-state index contributed by atoms with van der Waals surface area (Å²) in [7, 11) is 0. The standard InChI is InChI=1S/C13H9ClF2N2O2/c14-11-4-3-10(6-13(11)18(19)20)17-7-8-1-2-9(15)5-12(8)16/h1-6,17H,7H2. The van der Waals surface area contributed by atoms with Crippen molar-refractivity contribution < 1.29 is 13.7 Å². The van der Waals surface area contributed by atoms with Crippen molar-refractivity contribution >= 4 is 23.0 Å². The summed E-state index contributed by atoms with van der Waals surface area (Å²) >= 11 is 5.68. The largest absolute Gasteiger partial charge is 0.381 e. The number of rotatable bonds is 4. The summed E-state index contributed by atoms with van der Waals surface area (Å²) in [4.78, 5) is 10.1. The van der Waals surface area contributed by atoms with E-state index < -0.39 is 16.6 Å². The molecule has 0 aliphatic heterocycles. The van der Waals surface area contributed by atoms with Crippen LogP contribution in [0.3, 0.4) is 0 Å². The van der Waals surface area contributed by atoms with Gasteiger partial charge in [-0.1, -0.05) is 17.7 Å². The Morgan fingerprint density at radius 3 is 2.60 bits per heavy atom. The van der Waals surface area contributed by atoms with E-state index in [4.69, 9.17) is 11.6 Å². The second-order valence-corrected chi connectivity index (χ2v) is 4.42. The average Bonchev–Trinajstić information content (AvgIpc) is 2.39. The molecule has 1 N–H and O–H groups in total. The number of hydrogen-bond acceptors (Lipinski definition) is 3. The zero-order valence-electron chi connectivity index (χ0n) is 10.1. The van der Waals surface area contributed by atoms with Crippen LogP contribution in [0.25, 0.3) is 0 Å². The topological polar surface area (TPSA) is 55.2 Å². The molecule has 2 aromatic rings. The van der Waals surface area contributed by atoms with Crippen LogP contribution in [0.15, 0.2) is 36.4 Å². The average molecular weight is 299 g/mol. The van der Waals surface area contributed by atoms with E-state index in [1.807, 2.05) is 0 Å². The smallest absolute Gasteiger partial charge is 0.289 e. The SMILES string of the molecule is O=[N+]([O-])c1cc(NCc2ccc(F)cc2F)ccc1Cl. The zero-order chi connectivity index (χ0) is 14.7. The maximum atomic E-state index is 13.4. The molecule has 0 amide bonds. The number of hydrogen-bond donors (Lipinski definition) is 1. The molecule has 104 valence electrons. The third-order valence-corrected chi connectivity index (χ3v) is 2.96. The van der Waals surface area contributed by atoms with Gasteiger partial charge >= 0.3 is 0 Å². The second kappa shape index (κ2) is 5.83. The monoisotopic (exact) mass is 298 g/mol. The van der Waals surface area contributed by atoms with Crippen LogP contribution in [0.1, 0.15) is 5.56 Å². The van der Waals surface area contributed by atoms with Gasteiger partial charge in [0, 0.05) is 29.9 Å². The first-order valence-corrected chi connectivity index (χ1v) is 5.97. The van der Waals surface area contributed by atoms with Crippen molar-refractivity contribution in [3.8, 4) is 0 Å². The highest BCUT2D eigenvalue weighted by Crippen LogP contribution is 2.27. The van der Waals surface area contributed by atoms with Crippen molar-refractivity contribution in [1.82, 2.24) is 0 Å². The van der Waals surface area contributed by atoms with Crippen molar-refractivity contribution in [3.63, 3.8) is 0 Å². The summed E-state index contributed by atoms with van der Waals surface area (Å²) in [5.41, 5.74) is 0.435. The quantitative estimate of drug-likeness (QED) is 0.682. The first-order chi connectivity index (χ1) is 9.47. The molecule has 0 heterocycles. The Morgan fingerprint density at radius 1 is 1.20 bits per heavy atom. The maximum absolute atomic E-state index is 13.4. The Bertz CT molecular complexity index is 665. The highest BCUT2D eigenvalue weighted by Gasteiger charge is 2.12. The molecule has 0 spiro atoms. The molecule has 0 saturated heterocycles. The maximum Gasteiger partial charge on any atom is 0.289 e. The van der Waals surface area contributed by atoms with Crippen molar-refractivity contribution in [3.05, 3.63) is 68.7 Å². The van der Waals surface area contributed by atoms with E-state index in [-0.39, 0.29) is 22.8 Å². The molecule has 0 unspecified atom stereocenters. The fourth-order valence-electron chi connectivity index (χ4n) is 1.62. The molecule has 0 radical (unpaired) electrons. The van der Waals surface area contributed by atoms with Crippen molar-refractivity contribution in [2.45, 2.75) is 6.54 Å². The summed E-state index contributed by atoms with van der Waals surface area (Å²) in [6.45, 7) is 0.0743. The van der Waals surface area contributed by atoms with Gasteiger partial charge in [0.2, 0.25) is 0 Å². The van der Waals surface area contributed by atoms with Gasteiger partial charge in [0.15, 0.2) is 0 Å². The van der Waals surface area contributed by atoms with Gasteiger partial charge in [0.25, 0.3) is 5.69 Å². The molecular formula is C13H9ClF2N2O2. The van der Waals surface area contributed by atoms with Gasteiger partial charge < -0.3 is 5.32 Å². The van der Waals surface area contributed by atoms with Gasteiger partial charge in [0.05, 0.1) is 4.92 Å². The number of halogens is 3. The lowest BCUT2D eigenvalue weighted by atomic mass is 10.2. The Kier molecular flexibility index (Phi) is 4.14. The van der Waals surface area contributed by atoms with Crippen LogP contribution in [0.5, 0.6) is 0 Å². The summed E-state index contributed by atoms with van der Waals surface area (Å²) in [5, 5.41) is 13.6. The van der Waals surface area contributed by atoms with Crippen LogP contribution >= 0.6 is 11.6 Å². The van der Waals surface area contributed by atoms with E-state index in [1.165, 1.54) is 24.3 Å². The molecule has 0 fully saturated rings. The molecule has 4 nitrogen and oxygen atoms in total. The lowest BCUT2D eigenvalue weighted by Gasteiger charge is -2.08. The first-order valence-electron chi connectivity index (χ1n) is 5.59. The van der Waals surface area contributed by atoms with E-state index >= 15 is 0 Å². The van der Waals surface area contributed by atoms with Crippen LogP contribution in [0, 0.1) is 21.7 Å². The summed E-state index contributed by atoms with van der Waals surface area (Å²) in [5.74, 6) is -1.34. The molecule has 2 rings (SSSR count). The molecule has 20 heavy (non-hydrogen) atoms. The lowest BCUT2D eigenvalue weighted by Crippen LogP contribution is -2.02. The molecule has 0 aliphatic carbocycles. The van der Waals surface area contributed by atoms with Crippen LogP contribution in [0.4, 0.5) is 20.2 Å². The molecule has 0 atom stereocenters. The van der Waals surface area contributed by atoms with E-state index in [2.05, 4.69) is 5.32 Å². The zero-order valence-corrected chi connectivity index (χ0v) is 10.8. The Labute approximate surface area is 118 Å². The molecular weight excluding hydrogens is 290 g/mol. The number of nitro groups is 1. The summed E-state index contributed by atoms with van der Waals surface area (Å²) in [6, 6.07) is 7.40. The third-order valence-electron chi connectivity index (χ3n) is 2.64. The summed E-state index contributed by atoms with van der Waals surface area (Å²) in [6.07, 6.45) is 0. The fourth-order valence-corrected chi connectivity index (χ4v) is 1.81. The van der Waals surface area contributed by atoms with Crippen LogP contribution < -0.4 is 5.32 Å². The van der Waals surface area contributed by atoms with Gasteiger partial charge in [-0.25, -0.2) is 8.78 Å². The fraction of sp³-hybridized carbons (Fsp3) is 0.0769. The van der Waals surface area contributed by atoms with Gasteiger partial charge in [-0.05, 0) is 18.2 Å². The van der Waals surface area contributed by atoms with Crippen molar-refractivity contribution in [2.75, 3.05) is 5.32 Å². The van der Waals surface area contributed by atoms with E-state index in [9.17, 15) is 18.9 Å². The van der Waals surface area contributed by atoms with Gasteiger partial charge in [-0.2, -0.15) is 0 Å². The third kappa shape index (κ3) is 3.21. The minimum Gasteiger partial charge on any atom is -0.381 e. The van der Waals surface area contributed by atoms with Gasteiger partial charge in [0.1, 0.15) is 16.7 Å². The summed E-state index contributed by atoms with van der Waals surface area (Å²) < 4.78 is 26.2. The first kappa shape index (κ1) is 14.2. The highest BCUT2D eigenvalue weighted by molar-refractivity contribution is 6.32. The number of anilines is 1. The predicted octanol–water partition coefficient (Wildman–Crippen LogP) is 4.14. The Hall–Kier alpha value is -2.21. The van der Waals surface area contributed by atoms with Crippen LogP contribution in [-0.4, -0.2) is 4.92 Å². The molecule has 0 aromatic heterocycles. The number of nitrogens with one attached hydrogen (secondary N) is 1. The van der Waals surface area contributed by atoms with E-state index in [0.717, 1.165) is 12.1 Å². The Morgan fingerprint density at radius 2 is 1.95 bits per heavy atom. The minimum absolute atomic E-state index is 0.0218. The number of benzene rings is 2. The van der Waals surface area contributed by atoms with Crippen LogP contribution in [0.2, 0.25) is 5.02 Å². The number of nitro benzene ring substituents is 1. The molecule has 2 aromatic carbocycles. The number of nitrogens with zero attached hydrogens (tertiary/aromatic N) is 1. The lowest BCUT2D eigenvalue weighted by molar-refractivity contribution is -0.384. The molecule has 0 saturated carbocycles. The molecule has 0 aliphatic rings. The molecule has 0 bridgehead atoms.